The van der Waals surface area contributed by atoms with Crippen molar-refractivity contribution in [3.05, 3.63) is 84.6 Å². The first-order valence-electron chi connectivity index (χ1n) is 9.10. The number of amides is 1. The Balaban J connectivity index is 1.64. The summed E-state index contributed by atoms with van der Waals surface area (Å²) in [5, 5.41) is 4.15. The van der Waals surface area contributed by atoms with Gasteiger partial charge in [-0.05, 0) is 29.8 Å². The Morgan fingerprint density at radius 1 is 1.18 bits per heavy atom. The largest absolute Gasteiger partial charge is 0.497 e. The van der Waals surface area contributed by atoms with E-state index in [4.69, 9.17) is 4.74 Å². The number of carbonyl (C=O) groups is 1. The van der Waals surface area contributed by atoms with Gasteiger partial charge >= 0.3 is 0 Å². The normalized spacial score (nSPS) is 12.1. The molecule has 0 saturated carbocycles. The second kappa shape index (κ2) is 7.60. The van der Waals surface area contributed by atoms with Crippen LogP contribution >= 0.6 is 0 Å². The lowest BCUT2D eigenvalue weighted by Gasteiger charge is -2.20. The highest BCUT2D eigenvalue weighted by molar-refractivity contribution is 5.99. The number of hydrogen-bond donors (Lipinski definition) is 1. The van der Waals surface area contributed by atoms with E-state index >= 15 is 0 Å². The Morgan fingerprint density at radius 2 is 2.00 bits per heavy atom. The SMILES string of the molecule is COc1ccc2c(c1)cc(C(=O)N[C@H](Cn1ccnc1)c1ccccc1)n2C. The molecule has 0 unspecified atom stereocenters. The minimum absolute atomic E-state index is 0.119. The summed E-state index contributed by atoms with van der Waals surface area (Å²) >= 11 is 0. The number of nitrogens with zero attached hydrogens (tertiary/aromatic N) is 3. The highest BCUT2D eigenvalue weighted by atomic mass is 16.5. The van der Waals surface area contributed by atoms with Gasteiger partial charge in [-0.15, -0.1) is 0 Å². The van der Waals surface area contributed by atoms with Gasteiger partial charge in [0, 0.05) is 36.9 Å². The number of nitrogens with one attached hydrogen (secondary N) is 1. The topological polar surface area (TPSA) is 61.1 Å². The van der Waals surface area contributed by atoms with Gasteiger partial charge in [0.15, 0.2) is 0 Å². The Hall–Kier alpha value is -3.54. The van der Waals surface area contributed by atoms with Gasteiger partial charge < -0.3 is 19.2 Å². The maximum absolute atomic E-state index is 13.1. The number of carbonyl (C=O) groups excluding carboxylic acids is 1. The molecule has 2 aromatic heterocycles. The highest BCUT2D eigenvalue weighted by Gasteiger charge is 2.19. The van der Waals surface area contributed by atoms with E-state index in [0.29, 0.717) is 12.2 Å². The number of aryl methyl sites for hydroxylation is 1. The van der Waals surface area contributed by atoms with Crippen LogP contribution in [0.15, 0.2) is 73.3 Å². The molecule has 4 rings (SSSR count). The van der Waals surface area contributed by atoms with Crippen molar-refractivity contribution >= 4 is 16.8 Å². The summed E-state index contributed by atoms with van der Waals surface area (Å²) in [6.45, 7) is 0.605. The van der Waals surface area contributed by atoms with Crippen molar-refractivity contribution < 1.29 is 9.53 Å². The highest BCUT2D eigenvalue weighted by Crippen LogP contribution is 2.24. The van der Waals surface area contributed by atoms with Crippen molar-refractivity contribution in [3.8, 4) is 5.75 Å². The fourth-order valence-corrected chi connectivity index (χ4v) is 3.43. The van der Waals surface area contributed by atoms with E-state index in [0.717, 1.165) is 22.2 Å². The van der Waals surface area contributed by atoms with Crippen LogP contribution in [0.25, 0.3) is 10.9 Å². The molecular weight excluding hydrogens is 352 g/mol. The summed E-state index contributed by atoms with van der Waals surface area (Å²) < 4.78 is 9.16. The Kier molecular flexibility index (Phi) is 4.85. The molecule has 6 heteroatoms. The average Bonchev–Trinajstić information content (AvgIpc) is 3.35. The predicted molar refractivity (Wildman–Crippen MR) is 108 cm³/mol. The molecule has 2 aromatic carbocycles. The molecule has 1 amide bonds. The van der Waals surface area contributed by atoms with E-state index in [1.807, 2.05) is 77.0 Å². The number of hydrogen-bond acceptors (Lipinski definition) is 3. The molecule has 0 fully saturated rings. The predicted octanol–water partition coefficient (Wildman–Crippen LogP) is 3.55. The molecule has 0 aliphatic rings. The fraction of sp³-hybridized carbons (Fsp3) is 0.182. The second-order valence-corrected chi connectivity index (χ2v) is 6.71. The standard InChI is InChI=1S/C22H22N4O2/c1-25-20-9-8-18(28-2)12-17(20)13-21(25)22(27)24-19(14-26-11-10-23-15-26)16-6-4-3-5-7-16/h3-13,15,19H,14H2,1-2H3,(H,24,27)/t19-/m1/s1. The minimum Gasteiger partial charge on any atom is -0.497 e. The molecular formula is C22H22N4O2. The fourth-order valence-electron chi connectivity index (χ4n) is 3.43. The van der Waals surface area contributed by atoms with Crippen LogP contribution in [0.2, 0.25) is 0 Å². The number of rotatable bonds is 6. The third kappa shape index (κ3) is 3.49. The van der Waals surface area contributed by atoms with E-state index in [-0.39, 0.29) is 11.9 Å². The minimum atomic E-state index is -0.171. The molecule has 0 bridgehead atoms. The number of aromatic nitrogens is 3. The van der Waals surface area contributed by atoms with Crippen LogP contribution in [0.1, 0.15) is 22.1 Å². The molecule has 4 aromatic rings. The van der Waals surface area contributed by atoms with Crippen LogP contribution in [0.4, 0.5) is 0 Å². The molecule has 0 spiro atoms. The Labute approximate surface area is 163 Å². The van der Waals surface area contributed by atoms with E-state index < -0.39 is 0 Å². The van der Waals surface area contributed by atoms with Crippen molar-refractivity contribution in [1.82, 2.24) is 19.4 Å². The van der Waals surface area contributed by atoms with Gasteiger partial charge in [0.2, 0.25) is 0 Å². The van der Waals surface area contributed by atoms with E-state index in [1.54, 1.807) is 19.6 Å². The van der Waals surface area contributed by atoms with Crippen LogP contribution in [0, 0.1) is 0 Å². The maximum Gasteiger partial charge on any atom is 0.268 e. The van der Waals surface area contributed by atoms with Crippen LogP contribution < -0.4 is 10.1 Å². The molecule has 0 aliphatic carbocycles. The van der Waals surface area contributed by atoms with Crippen LogP contribution in [0.3, 0.4) is 0 Å². The third-order valence-electron chi connectivity index (χ3n) is 4.94. The molecule has 28 heavy (non-hydrogen) atoms. The zero-order chi connectivity index (χ0) is 19.5. The maximum atomic E-state index is 13.1. The Morgan fingerprint density at radius 3 is 2.71 bits per heavy atom. The summed E-state index contributed by atoms with van der Waals surface area (Å²) in [4.78, 5) is 17.2. The molecule has 1 N–H and O–H groups in total. The van der Waals surface area contributed by atoms with Crippen LogP contribution in [-0.4, -0.2) is 27.1 Å². The van der Waals surface area contributed by atoms with Gasteiger partial charge in [0.05, 0.1) is 19.5 Å². The number of fused-ring (bicyclic) bond motifs is 1. The lowest BCUT2D eigenvalue weighted by molar-refractivity contribution is 0.0925. The van der Waals surface area contributed by atoms with E-state index in [1.165, 1.54) is 0 Å². The molecule has 2 heterocycles. The number of methoxy groups -OCH3 is 1. The van der Waals surface area contributed by atoms with Crippen LogP contribution in [0.5, 0.6) is 5.75 Å². The molecule has 0 aliphatic heterocycles. The van der Waals surface area contributed by atoms with Gasteiger partial charge in [0.1, 0.15) is 11.4 Å². The van der Waals surface area contributed by atoms with Crippen molar-refractivity contribution in [2.45, 2.75) is 12.6 Å². The van der Waals surface area contributed by atoms with Gasteiger partial charge in [-0.3, -0.25) is 4.79 Å². The van der Waals surface area contributed by atoms with Gasteiger partial charge in [0.25, 0.3) is 5.91 Å². The first-order chi connectivity index (χ1) is 13.7. The number of benzene rings is 2. The van der Waals surface area contributed by atoms with Crippen LogP contribution in [-0.2, 0) is 13.6 Å². The summed E-state index contributed by atoms with van der Waals surface area (Å²) in [6, 6.07) is 17.5. The average molecular weight is 374 g/mol. The van der Waals surface area contributed by atoms with Gasteiger partial charge in [-0.1, -0.05) is 30.3 Å². The van der Waals surface area contributed by atoms with E-state index in [2.05, 4.69) is 10.3 Å². The summed E-state index contributed by atoms with van der Waals surface area (Å²) in [6.07, 6.45) is 5.39. The van der Waals surface area contributed by atoms with Gasteiger partial charge in [-0.2, -0.15) is 0 Å². The number of imidazole rings is 1. The zero-order valence-electron chi connectivity index (χ0n) is 15.9. The van der Waals surface area contributed by atoms with Crippen molar-refractivity contribution in [2.24, 2.45) is 7.05 Å². The summed E-state index contributed by atoms with van der Waals surface area (Å²) in [7, 11) is 3.54. The molecule has 6 nitrogen and oxygen atoms in total. The molecule has 142 valence electrons. The summed E-state index contributed by atoms with van der Waals surface area (Å²) in [5.41, 5.74) is 2.64. The number of ether oxygens (including phenoxy) is 1. The molecule has 0 radical (unpaired) electrons. The van der Waals surface area contributed by atoms with Crippen molar-refractivity contribution in [1.29, 1.82) is 0 Å². The lowest BCUT2D eigenvalue weighted by atomic mass is 10.1. The third-order valence-corrected chi connectivity index (χ3v) is 4.94. The summed E-state index contributed by atoms with van der Waals surface area (Å²) in [5.74, 6) is 0.652. The van der Waals surface area contributed by atoms with Crippen molar-refractivity contribution in [3.63, 3.8) is 0 Å². The Bertz CT molecular complexity index is 1080. The second-order valence-electron chi connectivity index (χ2n) is 6.71. The first kappa shape index (κ1) is 17.9. The first-order valence-corrected chi connectivity index (χ1v) is 9.10. The zero-order valence-corrected chi connectivity index (χ0v) is 15.9. The molecule has 1 atom stereocenters. The van der Waals surface area contributed by atoms with Crippen molar-refractivity contribution in [2.75, 3.05) is 7.11 Å². The van der Waals surface area contributed by atoms with E-state index in [9.17, 15) is 4.79 Å². The quantitative estimate of drug-likeness (QED) is 0.561. The monoisotopic (exact) mass is 374 g/mol. The smallest absolute Gasteiger partial charge is 0.268 e. The lowest BCUT2D eigenvalue weighted by Crippen LogP contribution is -2.32. The van der Waals surface area contributed by atoms with Gasteiger partial charge in [-0.25, -0.2) is 4.98 Å². The molecule has 0 saturated heterocycles.